The summed E-state index contributed by atoms with van der Waals surface area (Å²) < 4.78 is 13.3. The van der Waals surface area contributed by atoms with E-state index in [1.165, 1.54) is 35.2 Å². The van der Waals surface area contributed by atoms with Gasteiger partial charge in [-0.2, -0.15) is 0 Å². The Morgan fingerprint density at radius 2 is 2.10 bits per heavy atom. The fourth-order valence-corrected chi connectivity index (χ4v) is 4.85. The third-order valence-corrected chi connectivity index (χ3v) is 6.60. The summed E-state index contributed by atoms with van der Waals surface area (Å²) in [6.45, 7) is 3.20. The fraction of sp³-hybridized carbons (Fsp3) is 0.333. The molecule has 9 heteroatoms. The molecule has 1 aromatic carbocycles. The Balaban J connectivity index is 1.52. The van der Waals surface area contributed by atoms with Crippen LogP contribution in [0.15, 0.2) is 41.7 Å². The molecule has 1 N–H and O–H groups in total. The van der Waals surface area contributed by atoms with Gasteiger partial charge in [0.25, 0.3) is 5.91 Å². The van der Waals surface area contributed by atoms with Crippen molar-refractivity contribution >= 4 is 34.8 Å². The first-order valence-corrected chi connectivity index (χ1v) is 11.7. The number of nitrogens with zero attached hydrogens (tertiary/aromatic N) is 4. The molecule has 1 saturated heterocycles. The Bertz CT molecular complexity index is 1040. The monoisotopic (exact) mass is 443 g/mol. The molecule has 0 spiro atoms. The van der Waals surface area contributed by atoms with Gasteiger partial charge in [0, 0.05) is 25.3 Å². The molecular formula is C21H22FN5OS2. The van der Waals surface area contributed by atoms with Gasteiger partial charge in [-0.1, -0.05) is 23.9 Å². The minimum atomic E-state index is -0.298. The zero-order valence-corrected chi connectivity index (χ0v) is 18.4. The molecule has 3 heterocycles. The van der Waals surface area contributed by atoms with Crippen LogP contribution in [-0.2, 0) is 0 Å². The van der Waals surface area contributed by atoms with Gasteiger partial charge in [-0.25, -0.2) is 19.3 Å². The van der Waals surface area contributed by atoms with E-state index in [1.54, 1.807) is 18.3 Å². The van der Waals surface area contributed by atoms with Crippen molar-refractivity contribution in [3.05, 3.63) is 53.0 Å². The number of likely N-dealkylation sites (tertiary alicyclic amines) is 1. The minimum Gasteiger partial charge on any atom is -0.368 e. The first-order chi connectivity index (χ1) is 14.5. The van der Waals surface area contributed by atoms with Gasteiger partial charge in [-0.3, -0.25) is 4.79 Å². The Morgan fingerprint density at radius 1 is 1.30 bits per heavy atom. The van der Waals surface area contributed by atoms with Crippen LogP contribution in [0.5, 0.6) is 0 Å². The van der Waals surface area contributed by atoms with Crippen molar-refractivity contribution in [2.75, 3.05) is 24.7 Å². The normalized spacial score (nSPS) is 16.1. The zero-order chi connectivity index (χ0) is 21.1. The lowest BCUT2D eigenvalue weighted by Crippen LogP contribution is -2.40. The number of thioether (sulfide) groups is 1. The smallest absolute Gasteiger partial charge is 0.274 e. The molecule has 6 nitrogen and oxygen atoms in total. The molecule has 1 unspecified atom stereocenters. The maximum atomic E-state index is 13.4. The number of halogens is 1. The Labute approximate surface area is 183 Å². The zero-order valence-electron chi connectivity index (χ0n) is 16.8. The second-order valence-electron chi connectivity index (χ2n) is 7.02. The van der Waals surface area contributed by atoms with Crippen molar-refractivity contribution in [2.24, 2.45) is 0 Å². The van der Waals surface area contributed by atoms with E-state index in [1.807, 2.05) is 24.1 Å². The SMILES string of the molecule is CSc1nccc(NCC2CCCN2C(=O)c2nc(C)sc2-c2ccc(F)cc2)n1. The number of nitrogens with one attached hydrogen (secondary N) is 1. The number of anilines is 1. The van der Waals surface area contributed by atoms with Gasteiger partial charge >= 0.3 is 0 Å². The van der Waals surface area contributed by atoms with Crippen LogP contribution in [0.1, 0.15) is 28.3 Å². The number of aryl methyl sites for hydroxylation is 1. The highest BCUT2D eigenvalue weighted by atomic mass is 32.2. The average Bonchev–Trinajstić information content (AvgIpc) is 3.39. The second-order valence-corrected chi connectivity index (χ2v) is 9.00. The standard InChI is InChI=1S/C21H22FN5OS2/c1-13-25-18(19(30-13)14-5-7-15(22)8-6-14)20(28)27-11-3-4-16(27)12-24-17-9-10-23-21(26-17)29-2/h5-10,16H,3-4,11-12H2,1-2H3,(H,23,24,26). The largest absolute Gasteiger partial charge is 0.368 e. The number of hydrogen-bond donors (Lipinski definition) is 1. The summed E-state index contributed by atoms with van der Waals surface area (Å²) in [5, 5.41) is 4.86. The number of thiazole rings is 1. The number of amides is 1. The van der Waals surface area contributed by atoms with Crippen molar-refractivity contribution in [3.8, 4) is 10.4 Å². The molecular weight excluding hydrogens is 421 g/mol. The van der Waals surface area contributed by atoms with Crippen LogP contribution in [0.2, 0.25) is 0 Å². The fourth-order valence-electron chi connectivity index (χ4n) is 3.58. The van der Waals surface area contributed by atoms with E-state index in [0.29, 0.717) is 23.9 Å². The van der Waals surface area contributed by atoms with E-state index in [4.69, 9.17) is 0 Å². The summed E-state index contributed by atoms with van der Waals surface area (Å²) >= 11 is 2.95. The van der Waals surface area contributed by atoms with Crippen molar-refractivity contribution in [2.45, 2.75) is 31.0 Å². The number of carbonyl (C=O) groups is 1. The topological polar surface area (TPSA) is 71.0 Å². The van der Waals surface area contributed by atoms with E-state index in [9.17, 15) is 9.18 Å². The lowest BCUT2D eigenvalue weighted by Gasteiger charge is -2.25. The third kappa shape index (κ3) is 4.46. The molecule has 1 fully saturated rings. The van der Waals surface area contributed by atoms with E-state index >= 15 is 0 Å². The van der Waals surface area contributed by atoms with Gasteiger partial charge < -0.3 is 10.2 Å². The van der Waals surface area contributed by atoms with Gasteiger partial charge in [0.05, 0.1) is 9.88 Å². The van der Waals surface area contributed by atoms with Gasteiger partial charge in [0.1, 0.15) is 17.3 Å². The molecule has 156 valence electrons. The molecule has 2 aromatic heterocycles. The first kappa shape index (κ1) is 20.7. The summed E-state index contributed by atoms with van der Waals surface area (Å²) in [5.41, 5.74) is 1.26. The van der Waals surface area contributed by atoms with Crippen LogP contribution in [0.25, 0.3) is 10.4 Å². The first-order valence-electron chi connectivity index (χ1n) is 9.70. The second kappa shape index (κ2) is 9.09. The summed E-state index contributed by atoms with van der Waals surface area (Å²) in [7, 11) is 0. The molecule has 0 bridgehead atoms. The van der Waals surface area contributed by atoms with E-state index in [-0.39, 0.29) is 17.8 Å². The molecule has 1 amide bonds. The molecule has 30 heavy (non-hydrogen) atoms. The van der Waals surface area contributed by atoms with Crippen LogP contribution < -0.4 is 5.32 Å². The predicted octanol–water partition coefficient (Wildman–Crippen LogP) is 4.49. The number of aromatic nitrogens is 3. The molecule has 1 aliphatic rings. The molecule has 3 aromatic rings. The molecule has 0 aliphatic carbocycles. The average molecular weight is 444 g/mol. The number of benzene rings is 1. The van der Waals surface area contributed by atoms with Gasteiger partial charge in [-0.05, 0) is 49.8 Å². The molecule has 0 radical (unpaired) electrons. The number of carbonyl (C=O) groups excluding carboxylic acids is 1. The number of hydrogen-bond acceptors (Lipinski definition) is 7. The Morgan fingerprint density at radius 3 is 2.87 bits per heavy atom. The van der Waals surface area contributed by atoms with Crippen LogP contribution >= 0.6 is 23.1 Å². The maximum Gasteiger partial charge on any atom is 0.274 e. The van der Waals surface area contributed by atoms with Gasteiger partial charge in [-0.15, -0.1) is 11.3 Å². The van der Waals surface area contributed by atoms with Crippen molar-refractivity contribution < 1.29 is 9.18 Å². The highest BCUT2D eigenvalue weighted by molar-refractivity contribution is 7.98. The highest BCUT2D eigenvalue weighted by Gasteiger charge is 2.32. The quantitative estimate of drug-likeness (QED) is 0.447. The van der Waals surface area contributed by atoms with E-state index in [2.05, 4.69) is 20.3 Å². The summed E-state index contributed by atoms with van der Waals surface area (Å²) in [6, 6.07) is 8.10. The molecule has 4 rings (SSSR count). The van der Waals surface area contributed by atoms with Crippen LogP contribution in [0.3, 0.4) is 0 Å². The van der Waals surface area contributed by atoms with Crippen LogP contribution in [0.4, 0.5) is 10.2 Å². The lowest BCUT2D eigenvalue weighted by atomic mass is 10.1. The van der Waals surface area contributed by atoms with E-state index in [0.717, 1.165) is 34.1 Å². The van der Waals surface area contributed by atoms with Crippen molar-refractivity contribution in [3.63, 3.8) is 0 Å². The highest BCUT2D eigenvalue weighted by Crippen LogP contribution is 2.32. The summed E-state index contributed by atoms with van der Waals surface area (Å²) in [5.74, 6) is 0.383. The van der Waals surface area contributed by atoms with Gasteiger partial charge in [0.15, 0.2) is 5.16 Å². The third-order valence-electron chi connectivity index (χ3n) is 5.02. The van der Waals surface area contributed by atoms with Crippen molar-refractivity contribution in [1.82, 2.24) is 19.9 Å². The van der Waals surface area contributed by atoms with Crippen molar-refractivity contribution in [1.29, 1.82) is 0 Å². The van der Waals surface area contributed by atoms with E-state index < -0.39 is 0 Å². The number of rotatable bonds is 6. The van der Waals surface area contributed by atoms with Crippen LogP contribution in [-0.4, -0.2) is 51.1 Å². The molecule has 0 saturated carbocycles. The molecule has 1 aliphatic heterocycles. The maximum absolute atomic E-state index is 13.4. The van der Waals surface area contributed by atoms with Gasteiger partial charge in [0.2, 0.25) is 0 Å². The lowest BCUT2D eigenvalue weighted by molar-refractivity contribution is 0.0739. The summed E-state index contributed by atoms with van der Waals surface area (Å²) in [6.07, 6.45) is 5.54. The van der Waals surface area contributed by atoms with Crippen LogP contribution in [0, 0.1) is 12.7 Å². The predicted molar refractivity (Wildman–Crippen MR) is 119 cm³/mol. The molecule has 1 atom stereocenters. The summed E-state index contributed by atoms with van der Waals surface area (Å²) in [4.78, 5) is 29.2. The Hall–Kier alpha value is -2.52. The minimum absolute atomic E-state index is 0.0632. The Kier molecular flexibility index (Phi) is 6.29.